The Morgan fingerprint density at radius 3 is 2.87 bits per heavy atom. The number of nitrogens with one attached hydrogen (secondary N) is 1. The van der Waals surface area contributed by atoms with Gasteiger partial charge in [-0.2, -0.15) is 0 Å². The smallest absolute Gasteiger partial charge is 0.255 e. The molecule has 0 spiro atoms. The van der Waals surface area contributed by atoms with E-state index in [0.717, 1.165) is 23.5 Å². The molecule has 1 N–H and O–H groups in total. The molecule has 23 heavy (non-hydrogen) atoms. The van der Waals surface area contributed by atoms with Crippen LogP contribution in [0.15, 0.2) is 41.9 Å². The van der Waals surface area contributed by atoms with E-state index in [9.17, 15) is 9.59 Å². The molecule has 5 nitrogen and oxygen atoms in total. The molecule has 1 aromatic heterocycles. The Balaban J connectivity index is 1.80. The summed E-state index contributed by atoms with van der Waals surface area (Å²) in [6, 6.07) is 3.44. The second-order valence-corrected chi connectivity index (χ2v) is 6.74. The molecular formula is C18H21N3O2. The van der Waals surface area contributed by atoms with Gasteiger partial charge in [-0.15, -0.1) is 0 Å². The van der Waals surface area contributed by atoms with Crippen molar-refractivity contribution in [1.82, 2.24) is 15.2 Å². The third-order valence-electron chi connectivity index (χ3n) is 4.76. The number of hydrogen-bond acceptors (Lipinski definition) is 3. The summed E-state index contributed by atoms with van der Waals surface area (Å²) >= 11 is 0. The molecule has 2 aliphatic rings. The predicted molar refractivity (Wildman–Crippen MR) is 87.3 cm³/mol. The van der Waals surface area contributed by atoms with Crippen LogP contribution in [0.1, 0.15) is 36.3 Å². The number of amides is 2. The van der Waals surface area contributed by atoms with E-state index in [1.54, 1.807) is 30.3 Å². The van der Waals surface area contributed by atoms with Crippen LogP contribution in [0.4, 0.5) is 0 Å². The fourth-order valence-electron chi connectivity index (χ4n) is 3.36. The summed E-state index contributed by atoms with van der Waals surface area (Å²) in [5.41, 5.74) is 2.71. The van der Waals surface area contributed by atoms with Gasteiger partial charge in [-0.05, 0) is 31.6 Å². The number of carbonyl (C=O) groups is 2. The number of carbonyl (C=O) groups excluding carboxylic acids is 2. The zero-order valence-corrected chi connectivity index (χ0v) is 13.9. The Bertz CT molecular complexity index is 746. The van der Waals surface area contributed by atoms with E-state index in [4.69, 9.17) is 0 Å². The highest BCUT2D eigenvalue weighted by Crippen LogP contribution is 2.46. The van der Waals surface area contributed by atoms with Crippen molar-refractivity contribution in [2.24, 2.45) is 11.3 Å². The van der Waals surface area contributed by atoms with Gasteiger partial charge in [0.1, 0.15) is 0 Å². The van der Waals surface area contributed by atoms with Gasteiger partial charge >= 0.3 is 0 Å². The summed E-state index contributed by atoms with van der Waals surface area (Å²) in [6.07, 6.45) is 6.28. The lowest BCUT2D eigenvalue weighted by atomic mass is 9.76. The van der Waals surface area contributed by atoms with Gasteiger partial charge in [-0.25, -0.2) is 0 Å². The number of rotatable bonds is 2. The van der Waals surface area contributed by atoms with Crippen molar-refractivity contribution in [3.63, 3.8) is 0 Å². The summed E-state index contributed by atoms with van der Waals surface area (Å²) in [7, 11) is 1.80. The highest BCUT2D eigenvalue weighted by molar-refractivity contribution is 5.95. The second kappa shape index (κ2) is 5.33. The SMILES string of the molecule is Cc1cc(C(=O)NC2=CCC3C(=C2)N(C)C(=O)C3(C)C)ccn1. The van der Waals surface area contributed by atoms with Crippen LogP contribution in [0, 0.1) is 18.3 Å². The normalized spacial score (nSPS) is 22.3. The van der Waals surface area contributed by atoms with E-state index in [0.29, 0.717) is 5.56 Å². The van der Waals surface area contributed by atoms with E-state index < -0.39 is 5.41 Å². The van der Waals surface area contributed by atoms with Gasteiger partial charge < -0.3 is 10.2 Å². The first kappa shape index (κ1) is 15.5. The molecule has 1 aromatic rings. The lowest BCUT2D eigenvalue weighted by Crippen LogP contribution is -2.29. The lowest BCUT2D eigenvalue weighted by Gasteiger charge is -2.25. The number of likely N-dealkylation sites (tertiary alicyclic amines) is 1. The first-order valence-electron chi connectivity index (χ1n) is 7.74. The second-order valence-electron chi connectivity index (χ2n) is 6.74. The van der Waals surface area contributed by atoms with Crippen LogP contribution >= 0.6 is 0 Å². The van der Waals surface area contributed by atoms with Crippen LogP contribution in [-0.2, 0) is 4.79 Å². The summed E-state index contributed by atoms with van der Waals surface area (Å²) in [5.74, 6) is 0.131. The average Bonchev–Trinajstić information content (AvgIpc) is 2.68. The maximum absolute atomic E-state index is 12.3. The highest BCUT2D eigenvalue weighted by atomic mass is 16.2. The van der Waals surface area contributed by atoms with Gasteiger partial charge in [0.25, 0.3) is 5.91 Å². The number of pyridine rings is 1. The quantitative estimate of drug-likeness (QED) is 0.912. The molecule has 2 amide bonds. The maximum atomic E-state index is 12.3. The van der Waals surface area contributed by atoms with E-state index in [1.165, 1.54) is 0 Å². The Morgan fingerprint density at radius 2 is 2.17 bits per heavy atom. The van der Waals surface area contributed by atoms with Gasteiger partial charge in [0.05, 0.1) is 5.41 Å². The topological polar surface area (TPSA) is 62.3 Å². The van der Waals surface area contributed by atoms with Gasteiger partial charge in [-0.1, -0.05) is 19.9 Å². The average molecular weight is 311 g/mol. The van der Waals surface area contributed by atoms with Crippen molar-refractivity contribution in [2.75, 3.05) is 7.05 Å². The minimum atomic E-state index is -0.394. The van der Waals surface area contributed by atoms with Crippen LogP contribution in [0.3, 0.4) is 0 Å². The molecule has 1 fully saturated rings. The Kier molecular flexibility index (Phi) is 3.59. The number of hydrogen-bond donors (Lipinski definition) is 1. The molecule has 1 unspecified atom stereocenters. The van der Waals surface area contributed by atoms with Gasteiger partial charge in [0.15, 0.2) is 0 Å². The van der Waals surface area contributed by atoms with Crippen molar-refractivity contribution in [1.29, 1.82) is 0 Å². The van der Waals surface area contributed by atoms with Gasteiger partial charge in [0, 0.05) is 41.8 Å². The van der Waals surface area contributed by atoms with E-state index in [1.807, 2.05) is 32.9 Å². The number of aromatic nitrogens is 1. The minimum absolute atomic E-state index is 0.125. The predicted octanol–water partition coefficient (Wildman–Crippen LogP) is 2.41. The summed E-state index contributed by atoms with van der Waals surface area (Å²) < 4.78 is 0. The van der Waals surface area contributed by atoms with Crippen LogP contribution in [0.25, 0.3) is 0 Å². The van der Waals surface area contributed by atoms with Crippen LogP contribution < -0.4 is 5.32 Å². The Hall–Kier alpha value is -2.43. The van der Waals surface area contributed by atoms with Crippen LogP contribution in [0.5, 0.6) is 0 Å². The first-order valence-corrected chi connectivity index (χ1v) is 7.74. The van der Waals surface area contributed by atoms with Crippen molar-refractivity contribution in [2.45, 2.75) is 27.2 Å². The third kappa shape index (κ3) is 2.56. The fraction of sp³-hybridized carbons (Fsp3) is 0.389. The summed E-state index contributed by atoms with van der Waals surface area (Å²) in [5, 5.41) is 2.92. The summed E-state index contributed by atoms with van der Waals surface area (Å²) in [4.78, 5) is 30.5. The van der Waals surface area contributed by atoms with Crippen molar-refractivity contribution < 1.29 is 9.59 Å². The third-order valence-corrected chi connectivity index (χ3v) is 4.76. The molecule has 1 aliphatic heterocycles. The molecule has 3 rings (SSSR count). The largest absolute Gasteiger partial charge is 0.322 e. The van der Waals surface area contributed by atoms with Crippen molar-refractivity contribution in [3.05, 3.63) is 53.1 Å². The molecule has 1 atom stereocenters. The Labute approximate surface area is 136 Å². The molecule has 0 saturated carbocycles. The van der Waals surface area contributed by atoms with E-state index in [-0.39, 0.29) is 17.7 Å². The zero-order chi connectivity index (χ0) is 16.8. The van der Waals surface area contributed by atoms with Crippen LogP contribution in [-0.4, -0.2) is 28.7 Å². The number of nitrogens with zero attached hydrogens (tertiary/aromatic N) is 2. The van der Waals surface area contributed by atoms with E-state index in [2.05, 4.69) is 10.3 Å². The van der Waals surface area contributed by atoms with E-state index >= 15 is 0 Å². The zero-order valence-electron chi connectivity index (χ0n) is 13.9. The van der Waals surface area contributed by atoms with Crippen molar-refractivity contribution >= 4 is 11.8 Å². The fourth-order valence-corrected chi connectivity index (χ4v) is 3.36. The molecule has 0 bridgehead atoms. The minimum Gasteiger partial charge on any atom is -0.322 e. The highest BCUT2D eigenvalue weighted by Gasteiger charge is 2.49. The van der Waals surface area contributed by atoms with Gasteiger partial charge in [-0.3, -0.25) is 14.6 Å². The number of fused-ring (bicyclic) bond motifs is 1. The molecular weight excluding hydrogens is 290 g/mol. The molecule has 1 saturated heterocycles. The van der Waals surface area contributed by atoms with Crippen LogP contribution in [0.2, 0.25) is 0 Å². The number of aryl methyl sites for hydroxylation is 1. The molecule has 5 heteroatoms. The standard InChI is InChI=1S/C18H21N3O2/c1-11-9-12(7-8-19-11)16(22)20-13-5-6-14-15(10-13)21(4)17(23)18(14,2)3/h5,7-10,14H,6H2,1-4H3,(H,20,22). The molecule has 0 radical (unpaired) electrons. The molecule has 0 aromatic carbocycles. The van der Waals surface area contributed by atoms with Crippen molar-refractivity contribution in [3.8, 4) is 0 Å². The molecule has 1 aliphatic carbocycles. The summed E-state index contributed by atoms with van der Waals surface area (Å²) in [6.45, 7) is 5.81. The van der Waals surface area contributed by atoms with Gasteiger partial charge in [0.2, 0.25) is 5.91 Å². The molecule has 2 heterocycles. The number of allylic oxidation sites excluding steroid dienone is 3. The first-order chi connectivity index (χ1) is 10.8. The molecule has 120 valence electrons. The lowest BCUT2D eigenvalue weighted by molar-refractivity contribution is -0.133. The maximum Gasteiger partial charge on any atom is 0.255 e. The monoisotopic (exact) mass is 311 g/mol. The Morgan fingerprint density at radius 1 is 1.43 bits per heavy atom.